The van der Waals surface area contributed by atoms with Crippen molar-refractivity contribution < 1.29 is 19.2 Å². The number of hydrogen-bond donors (Lipinski definition) is 3. The van der Waals surface area contributed by atoms with Crippen LogP contribution in [0, 0.1) is 0 Å². The Morgan fingerprint density at radius 3 is 2.66 bits per heavy atom. The van der Waals surface area contributed by atoms with Gasteiger partial charge in [-0.15, -0.1) is 0 Å². The Morgan fingerprint density at radius 2 is 1.91 bits per heavy atom. The number of nitrogens with one attached hydrogen (secondary N) is 3. The molecule has 2 aromatic carbocycles. The monoisotopic (exact) mass is 435 g/mol. The smallest absolute Gasteiger partial charge is 0.344 e. The number of rotatable bonds is 6. The maximum Gasteiger partial charge on any atom is 0.344 e. The lowest BCUT2D eigenvalue weighted by molar-refractivity contribution is -0.138. The molecule has 166 valence electrons. The number of benzene rings is 2. The minimum absolute atomic E-state index is 0.110. The molecular formula is C23H25N5O4. The summed E-state index contributed by atoms with van der Waals surface area (Å²) in [6, 6.07) is 14.1. The van der Waals surface area contributed by atoms with E-state index in [2.05, 4.69) is 16.1 Å². The van der Waals surface area contributed by atoms with Crippen molar-refractivity contribution in [3.05, 3.63) is 59.7 Å². The van der Waals surface area contributed by atoms with Gasteiger partial charge in [0.15, 0.2) is 0 Å². The van der Waals surface area contributed by atoms with Crippen molar-refractivity contribution in [2.45, 2.75) is 32.2 Å². The molecule has 0 spiro atoms. The predicted molar refractivity (Wildman–Crippen MR) is 119 cm³/mol. The molecule has 2 aliphatic heterocycles. The van der Waals surface area contributed by atoms with E-state index in [0.717, 1.165) is 17.7 Å². The van der Waals surface area contributed by atoms with Crippen LogP contribution in [0.3, 0.4) is 0 Å². The van der Waals surface area contributed by atoms with Crippen LogP contribution in [0.15, 0.2) is 48.5 Å². The maximum absolute atomic E-state index is 13.0. The first kappa shape index (κ1) is 21.4. The van der Waals surface area contributed by atoms with Crippen LogP contribution in [0.1, 0.15) is 36.2 Å². The van der Waals surface area contributed by atoms with Crippen molar-refractivity contribution in [2.75, 3.05) is 23.3 Å². The summed E-state index contributed by atoms with van der Waals surface area (Å²) in [6.07, 6.45) is 1.23. The molecule has 0 saturated carbocycles. The number of amides is 5. The van der Waals surface area contributed by atoms with Gasteiger partial charge >= 0.3 is 6.03 Å². The van der Waals surface area contributed by atoms with Crippen molar-refractivity contribution in [2.24, 2.45) is 0 Å². The van der Waals surface area contributed by atoms with Crippen LogP contribution in [0.4, 0.5) is 16.2 Å². The third-order valence-corrected chi connectivity index (χ3v) is 5.90. The van der Waals surface area contributed by atoms with Gasteiger partial charge in [-0.3, -0.25) is 19.8 Å². The second-order valence-electron chi connectivity index (χ2n) is 8.06. The van der Waals surface area contributed by atoms with Gasteiger partial charge in [-0.25, -0.2) is 4.79 Å². The van der Waals surface area contributed by atoms with Gasteiger partial charge < -0.3 is 15.5 Å². The number of nitrogens with zero attached hydrogens (tertiary/aromatic N) is 2. The van der Waals surface area contributed by atoms with Crippen molar-refractivity contribution in [1.29, 1.82) is 0 Å². The lowest BCUT2D eigenvalue weighted by atomic mass is 10.00. The minimum atomic E-state index is -1.03. The minimum Gasteiger partial charge on any atom is -0.376 e. The molecule has 0 aliphatic carbocycles. The third kappa shape index (κ3) is 3.89. The topological polar surface area (TPSA) is 111 Å². The van der Waals surface area contributed by atoms with Crippen LogP contribution in [0.2, 0.25) is 0 Å². The van der Waals surface area contributed by atoms with Crippen LogP contribution in [-0.2, 0) is 16.0 Å². The molecule has 9 heteroatoms. The zero-order valence-corrected chi connectivity index (χ0v) is 18.0. The molecule has 0 bridgehead atoms. The van der Waals surface area contributed by atoms with Crippen LogP contribution in [0.25, 0.3) is 0 Å². The summed E-state index contributed by atoms with van der Waals surface area (Å²) in [5.41, 5.74) is 4.44. The number of anilines is 2. The fourth-order valence-electron chi connectivity index (χ4n) is 3.84. The van der Waals surface area contributed by atoms with Crippen molar-refractivity contribution in [1.82, 2.24) is 15.8 Å². The molecule has 1 atom stereocenters. The van der Waals surface area contributed by atoms with Crippen molar-refractivity contribution in [3.8, 4) is 0 Å². The van der Waals surface area contributed by atoms with E-state index in [1.165, 1.54) is 0 Å². The number of urea groups is 1. The molecule has 1 fully saturated rings. The lowest BCUT2D eigenvalue weighted by Crippen LogP contribution is -2.50. The molecular weight excluding hydrogens is 410 g/mol. The maximum atomic E-state index is 13.0. The molecule has 2 aliphatic rings. The summed E-state index contributed by atoms with van der Waals surface area (Å²) in [7, 11) is 0. The molecule has 0 aromatic heterocycles. The molecule has 4 rings (SSSR count). The van der Waals surface area contributed by atoms with Crippen LogP contribution < -0.4 is 21.0 Å². The molecule has 2 heterocycles. The Balaban J connectivity index is 1.38. The average Bonchev–Trinajstić information content (AvgIpc) is 3.32. The number of para-hydroxylation sites is 1. The van der Waals surface area contributed by atoms with E-state index in [9.17, 15) is 19.2 Å². The second kappa shape index (κ2) is 8.33. The van der Waals surface area contributed by atoms with E-state index in [1.807, 2.05) is 24.3 Å². The van der Waals surface area contributed by atoms with Gasteiger partial charge in [0, 0.05) is 23.5 Å². The number of carbonyl (C=O) groups is 4. The van der Waals surface area contributed by atoms with E-state index in [4.69, 9.17) is 0 Å². The summed E-state index contributed by atoms with van der Waals surface area (Å²) in [6.45, 7) is 3.84. The number of fused-ring (bicyclic) bond motifs is 1. The van der Waals surface area contributed by atoms with Gasteiger partial charge in [-0.1, -0.05) is 31.2 Å². The van der Waals surface area contributed by atoms with Gasteiger partial charge in [0.1, 0.15) is 5.54 Å². The normalized spacial score (nSPS) is 19.6. The highest BCUT2D eigenvalue weighted by Crippen LogP contribution is 2.29. The summed E-state index contributed by atoms with van der Waals surface area (Å²) < 4.78 is 0. The fourth-order valence-corrected chi connectivity index (χ4v) is 3.84. The van der Waals surface area contributed by atoms with Crippen molar-refractivity contribution >= 4 is 35.1 Å². The number of hydrogen-bond acceptors (Lipinski definition) is 5. The first-order valence-corrected chi connectivity index (χ1v) is 10.5. The Morgan fingerprint density at radius 1 is 1.12 bits per heavy atom. The molecule has 1 saturated heterocycles. The van der Waals surface area contributed by atoms with E-state index < -0.39 is 23.4 Å². The van der Waals surface area contributed by atoms with Crippen LogP contribution in [0.5, 0.6) is 0 Å². The zero-order chi connectivity index (χ0) is 22.9. The van der Waals surface area contributed by atoms with Crippen molar-refractivity contribution in [3.63, 3.8) is 0 Å². The highest BCUT2D eigenvalue weighted by molar-refractivity contribution is 6.08. The lowest BCUT2D eigenvalue weighted by Gasteiger charge is -2.19. The first-order chi connectivity index (χ1) is 15.3. The molecule has 32 heavy (non-hydrogen) atoms. The van der Waals surface area contributed by atoms with Gasteiger partial charge in [-0.2, -0.15) is 5.01 Å². The Bertz CT molecular complexity index is 1100. The van der Waals surface area contributed by atoms with Crippen LogP contribution in [-0.4, -0.2) is 47.4 Å². The Kier molecular flexibility index (Phi) is 5.56. The van der Waals surface area contributed by atoms with E-state index in [-0.39, 0.29) is 12.5 Å². The van der Waals surface area contributed by atoms with E-state index in [1.54, 1.807) is 43.0 Å². The number of carbonyl (C=O) groups excluding carboxylic acids is 4. The molecule has 1 unspecified atom stereocenters. The van der Waals surface area contributed by atoms with Crippen LogP contribution >= 0.6 is 0 Å². The summed E-state index contributed by atoms with van der Waals surface area (Å²) in [5, 5.41) is 6.21. The molecule has 3 N–H and O–H groups in total. The Hall–Kier alpha value is -3.88. The van der Waals surface area contributed by atoms with Gasteiger partial charge in [0.2, 0.25) is 0 Å². The Labute approximate surface area is 185 Å². The summed E-state index contributed by atoms with van der Waals surface area (Å²) >= 11 is 0. The highest BCUT2D eigenvalue weighted by atomic mass is 16.2. The van der Waals surface area contributed by atoms with E-state index >= 15 is 0 Å². The summed E-state index contributed by atoms with van der Waals surface area (Å²) in [4.78, 5) is 51.5. The molecule has 5 amide bonds. The number of imide groups is 1. The SMILES string of the molecule is CCC1(C)NC(=O)N(NC(=O)CNc2cccc(C(=O)N3CCc4ccccc43)c2)C1=O. The quantitative estimate of drug-likeness (QED) is 0.602. The number of hydrazine groups is 1. The highest BCUT2D eigenvalue weighted by Gasteiger charge is 2.47. The predicted octanol–water partition coefficient (Wildman–Crippen LogP) is 2.05. The molecule has 2 aromatic rings. The van der Waals surface area contributed by atoms with Gasteiger partial charge in [0.25, 0.3) is 17.7 Å². The summed E-state index contributed by atoms with van der Waals surface area (Å²) in [5.74, 6) is -1.17. The van der Waals surface area contributed by atoms with Gasteiger partial charge in [0.05, 0.1) is 6.54 Å². The van der Waals surface area contributed by atoms with E-state index in [0.29, 0.717) is 29.2 Å². The molecule has 9 nitrogen and oxygen atoms in total. The first-order valence-electron chi connectivity index (χ1n) is 10.5. The van der Waals surface area contributed by atoms with Gasteiger partial charge in [-0.05, 0) is 49.6 Å². The zero-order valence-electron chi connectivity index (χ0n) is 18.0. The standard InChI is InChI=1S/C23H25N5O4/c1-3-23(2)21(31)28(22(32)25-23)26-19(29)14-24-17-9-6-8-16(13-17)20(30)27-12-11-15-7-4-5-10-18(15)27/h4-10,13,24H,3,11-12,14H2,1-2H3,(H,25,32)(H,26,29). The third-order valence-electron chi connectivity index (χ3n) is 5.90. The molecule has 0 radical (unpaired) electrons. The second-order valence-corrected chi connectivity index (χ2v) is 8.06. The fraction of sp³-hybridized carbons (Fsp3) is 0.304. The average molecular weight is 435 g/mol. The largest absolute Gasteiger partial charge is 0.376 e.